The van der Waals surface area contributed by atoms with E-state index in [0.29, 0.717) is 18.3 Å². The van der Waals surface area contributed by atoms with Gasteiger partial charge in [0.25, 0.3) is 0 Å². The maximum Gasteiger partial charge on any atom is 0.158 e. The Balaban J connectivity index is 2.78. The van der Waals surface area contributed by atoms with Gasteiger partial charge in [0.05, 0.1) is 0 Å². The van der Waals surface area contributed by atoms with Crippen molar-refractivity contribution in [1.29, 1.82) is 0 Å². The van der Waals surface area contributed by atoms with E-state index in [4.69, 9.17) is 0 Å². The van der Waals surface area contributed by atoms with E-state index in [0.717, 1.165) is 30.4 Å². The molecule has 1 atom stereocenters. The first-order chi connectivity index (χ1) is 7.50. The van der Waals surface area contributed by atoms with Crippen molar-refractivity contribution in [1.82, 2.24) is 0 Å². The zero-order chi connectivity index (χ0) is 12.1. The molecule has 0 aromatic rings. The highest BCUT2D eigenvalue weighted by atomic mass is 16.1. The Labute approximate surface area is 98.9 Å². The molecule has 1 nitrogen and oxygen atoms in total. The number of ketones is 1. The highest BCUT2D eigenvalue weighted by Crippen LogP contribution is 2.24. The Morgan fingerprint density at radius 3 is 2.56 bits per heavy atom. The van der Waals surface area contributed by atoms with Crippen LogP contribution in [0.25, 0.3) is 0 Å². The monoisotopic (exact) mass is 218 g/mol. The van der Waals surface area contributed by atoms with Crippen LogP contribution in [-0.4, -0.2) is 5.78 Å². The zero-order valence-electron chi connectivity index (χ0n) is 10.5. The fourth-order valence-corrected chi connectivity index (χ4v) is 1.93. The minimum atomic E-state index is 0.207. The number of Topliss-reactive ketones (excluding diaryl/α,β-unsaturated/α-hetero) is 1. The molecule has 0 radical (unpaired) electrons. The maximum atomic E-state index is 11.7. The van der Waals surface area contributed by atoms with Gasteiger partial charge in [-0.05, 0) is 36.7 Å². The van der Waals surface area contributed by atoms with Crippen LogP contribution in [0.4, 0.5) is 0 Å². The lowest BCUT2D eigenvalue weighted by atomic mass is 9.86. The van der Waals surface area contributed by atoms with Crippen LogP contribution < -0.4 is 0 Å². The first-order valence-corrected chi connectivity index (χ1v) is 6.07. The fourth-order valence-electron chi connectivity index (χ4n) is 1.93. The Kier molecular flexibility index (Phi) is 4.72. The topological polar surface area (TPSA) is 17.1 Å². The molecule has 0 spiro atoms. The van der Waals surface area contributed by atoms with E-state index in [1.54, 1.807) is 0 Å². The summed E-state index contributed by atoms with van der Waals surface area (Å²) in [6, 6.07) is 0. The van der Waals surface area contributed by atoms with Crippen molar-refractivity contribution >= 4 is 5.78 Å². The second kappa shape index (κ2) is 5.83. The number of carbonyl (C=O) groups excluding carboxylic acids is 1. The Morgan fingerprint density at radius 1 is 1.25 bits per heavy atom. The van der Waals surface area contributed by atoms with Crippen molar-refractivity contribution in [3.05, 3.63) is 36.5 Å². The first-order valence-electron chi connectivity index (χ1n) is 6.07. The largest absolute Gasteiger partial charge is 0.295 e. The van der Waals surface area contributed by atoms with Crippen LogP contribution in [-0.2, 0) is 4.79 Å². The van der Waals surface area contributed by atoms with E-state index >= 15 is 0 Å². The maximum absolute atomic E-state index is 11.7. The highest BCUT2D eigenvalue weighted by Gasteiger charge is 2.15. The molecule has 0 N–H and O–H groups in total. The molecule has 0 unspecified atom stereocenters. The van der Waals surface area contributed by atoms with Crippen LogP contribution in [0.15, 0.2) is 36.5 Å². The molecule has 1 rings (SSSR count). The summed E-state index contributed by atoms with van der Waals surface area (Å²) in [5.74, 6) is 1.34. The normalized spacial score (nSPS) is 25.9. The summed E-state index contributed by atoms with van der Waals surface area (Å²) in [6.45, 7) is 12.3. The van der Waals surface area contributed by atoms with Crippen molar-refractivity contribution in [2.24, 2.45) is 11.8 Å². The molecule has 1 aliphatic rings. The summed E-state index contributed by atoms with van der Waals surface area (Å²) >= 11 is 0. The van der Waals surface area contributed by atoms with E-state index in [2.05, 4.69) is 39.2 Å². The van der Waals surface area contributed by atoms with Gasteiger partial charge in [0.2, 0.25) is 0 Å². The summed E-state index contributed by atoms with van der Waals surface area (Å²) in [5, 5.41) is 0. The summed E-state index contributed by atoms with van der Waals surface area (Å²) in [6.07, 6.45) is 7.51. The first kappa shape index (κ1) is 13.0. The third-order valence-corrected chi connectivity index (χ3v) is 3.28. The average molecular weight is 218 g/mol. The second-order valence-electron chi connectivity index (χ2n) is 4.99. The molecule has 1 heteroatoms. The second-order valence-corrected chi connectivity index (χ2v) is 4.99. The average Bonchev–Trinajstić information content (AvgIpc) is 2.23. The lowest BCUT2D eigenvalue weighted by Gasteiger charge is -2.18. The predicted octanol–water partition coefficient (Wildman–Crippen LogP) is 4.07. The molecule has 0 amide bonds. The van der Waals surface area contributed by atoms with Gasteiger partial charge in [-0.25, -0.2) is 0 Å². The molecule has 0 fully saturated rings. The van der Waals surface area contributed by atoms with Crippen LogP contribution >= 0.6 is 0 Å². The smallest absolute Gasteiger partial charge is 0.158 e. The van der Waals surface area contributed by atoms with Gasteiger partial charge in [-0.3, -0.25) is 4.79 Å². The molecule has 0 heterocycles. The zero-order valence-corrected chi connectivity index (χ0v) is 10.5. The Morgan fingerprint density at radius 2 is 1.94 bits per heavy atom. The van der Waals surface area contributed by atoms with Gasteiger partial charge in [0.15, 0.2) is 5.78 Å². The van der Waals surface area contributed by atoms with Crippen molar-refractivity contribution in [3.63, 3.8) is 0 Å². The van der Waals surface area contributed by atoms with Gasteiger partial charge in [-0.1, -0.05) is 44.7 Å². The van der Waals surface area contributed by atoms with Crippen molar-refractivity contribution in [2.75, 3.05) is 0 Å². The van der Waals surface area contributed by atoms with Gasteiger partial charge >= 0.3 is 0 Å². The van der Waals surface area contributed by atoms with Crippen molar-refractivity contribution in [3.8, 4) is 0 Å². The molecule has 88 valence electrons. The van der Waals surface area contributed by atoms with E-state index in [1.165, 1.54) is 0 Å². The van der Waals surface area contributed by atoms with E-state index < -0.39 is 0 Å². The van der Waals surface area contributed by atoms with Crippen LogP contribution in [0.5, 0.6) is 0 Å². The van der Waals surface area contributed by atoms with Gasteiger partial charge in [-0.2, -0.15) is 0 Å². The molecule has 0 saturated heterocycles. The standard InChI is InChI=1S/C15H22O/c1-11(2)14-8-5-12(3)6-10-15(16)13(4)7-9-14/h5,8,11,14H,3-4,6-7,9-10H2,1-2H3/b8-5-/t14-/m0/s1. The highest BCUT2D eigenvalue weighted by molar-refractivity contribution is 5.94. The van der Waals surface area contributed by atoms with Crippen molar-refractivity contribution < 1.29 is 4.79 Å². The van der Waals surface area contributed by atoms with E-state index in [-0.39, 0.29) is 5.78 Å². The van der Waals surface area contributed by atoms with E-state index in [9.17, 15) is 4.79 Å². The molecule has 16 heavy (non-hydrogen) atoms. The van der Waals surface area contributed by atoms with Gasteiger partial charge in [0.1, 0.15) is 0 Å². The molecule has 0 aromatic heterocycles. The molecule has 0 aliphatic heterocycles. The minimum Gasteiger partial charge on any atom is -0.295 e. The Bertz CT molecular complexity index is 320. The summed E-state index contributed by atoms with van der Waals surface area (Å²) in [5.41, 5.74) is 1.84. The minimum absolute atomic E-state index is 0.207. The third kappa shape index (κ3) is 3.80. The van der Waals surface area contributed by atoms with Crippen LogP contribution in [0.3, 0.4) is 0 Å². The van der Waals surface area contributed by atoms with Gasteiger partial charge < -0.3 is 0 Å². The van der Waals surface area contributed by atoms with E-state index in [1.807, 2.05) is 0 Å². The fraction of sp³-hybridized carbons (Fsp3) is 0.533. The number of hydrogen-bond acceptors (Lipinski definition) is 1. The van der Waals surface area contributed by atoms with Gasteiger partial charge in [0, 0.05) is 6.42 Å². The number of hydrogen-bond donors (Lipinski definition) is 0. The third-order valence-electron chi connectivity index (χ3n) is 3.28. The van der Waals surface area contributed by atoms with Crippen LogP contribution in [0, 0.1) is 11.8 Å². The van der Waals surface area contributed by atoms with Gasteiger partial charge in [-0.15, -0.1) is 0 Å². The van der Waals surface area contributed by atoms with Crippen molar-refractivity contribution in [2.45, 2.75) is 39.5 Å². The quantitative estimate of drug-likeness (QED) is 0.606. The lowest BCUT2D eigenvalue weighted by Crippen LogP contribution is -2.10. The van der Waals surface area contributed by atoms with Crippen LogP contribution in [0.1, 0.15) is 39.5 Å². The lowest BCUT2D eigenvalue weighted by molar-refractivity contribution is -0.115. The number of carbonyl (C=O) groups is 1. The summed E-state index contributed by atoms with van der Waals surface area (Å²) in [7, 11) is 0. The molecule has 0 aromatic carbocycles. The molecule has 0 bridgehead atoms. The number of rotatable bonds is 1. The molecular formula is C15H22O. The summed E-state index contributed by atoms with van der Waals surface area (Å²) < 4.78 is 0. The predicted molar refractivity (Wildman–Crippen MR) is 69.2 cm³/mol. The molecular weight excluding hydrogens is 196 g/mol. The SMILES string of the molecule is C=C1/C=C\[C@H](C(C)C)CCC(=C)C(=O)CC1. The number of allylic oxidation sites excluding steroid dienone is 4. The Hall–Kier alpha value is -1.11. The van der Waals surface area contributed by atoms with Crippen LogP contribution in [0.2, 0.25) is 0 Å². The summed E-state index contributed by atoms with van der Waals surface area (Å²) in [4.78, 5) is 11.7. The molecule has 1 aliphatic carbocycles. The molecule has 0 saturated carbocycles.